The van der Waals surface area contributed by atoms with Crippen molar-refractivity contribution in [2.45, 2.75) is 46.1 Å². The predicted octanol–water partition coefficient (Wildman–Crippen LogP) is 3.95. The summed E-state index contributed by atoms with van der Waals surface area (Å²) in [7, 11) is -1.83. The van der Waals surface area contributed by atoms with Crippen LogP contribution in [0.3, 0.4) is 0 Å². The van der Waals surface area contributed by atoms with Crippen LogP contribution in [0.2, 0.25) is 0 Å². The number of nitrogens with zero attached hydrogens (tertiary/aromatic N) is 2. The van der Waals surface area contributed by atoms with Gasteiger partial charge >= 0.3 is 11.9 Å². The Morgan fingerprint density at radius 2 is 1.72 bits per heavy atom. The molecule has 246 valence electrons. The van der Waals surface area contributed by atoms with E-state index >= 15 is 0 Å². The van der Waals surface area contributed by atoms with Crippen molar-refractivity contribution < 1.29 is 37.6 Å². The Bertz CT molecular complexity index is 2100. The summed E-state index contributed by atoms with van der Waals surface area (Å²) in [4.78, 5) is 29.4. The summed E-state index contributed by atoms with van der Waals surface area (Å²) in [5.74, 6) is -2.15. The van der Waals surface area contributed by atoms with Gasteiger partial charge in [0.25, 0.3) is 0 Å². The maximum absolute atomic E-state index is 13.8. The number of carboxylic acid groups (broad SMARTS) is 2. The molecule has 3 heterocycles. The third kappa shape index (κ3) is 5.82. The highest BCUT2D eigenvalue weighted by atomic mass is 32.2. The molecule has 6 rings (SSSR count). The maximum Gasteiger partial charge on any atom is 0.336 e. The molecule has 0 atom stereocenters. The molecule has 47 heavy (non-hydrogen) atoms. The van der Waals surface area contributed by atoms with Gasteiger partial charge in [-0.05, 0) is 69.9 Å². The molecule has 11 heteroatoms. The van der Waals surface area contributed by atoms with E-state index in [2.05, 4.69) is 9.89 Å². The van der Waals surface area contributed by atoms with Crippen molar-refractivity contribution in [2.24, 2.45) is 5.92 Å². The third-order valence-corrected chi connectivity index (χ3v) is 11.4. The summed E-state index contributed by atoms with van der Waals surface area (Å²) in [5.41, 5.74) is 5.23. The number of hydrogen-bond acceptors (Lipinski definition) is 6. The zero-order chi connectivity index (χ0) is 33.8. The molecule has 3 N–H and O–H groups in total. The minimum absolute atomic E-state index is 0.147. The Labute approximate surface area is 274 Å². The minimum Gasteiger partial charge on any atom is -0.481 e. The van der Waals surface area contributed by atoms with E-state index in [4.69, 9.17) is 4.42 Å². The topological polar surface area (TPSA) is 142 Å². The van der Waals surface area contributed by atoms with Crippen LogP contribution in [-0.2, 0) is 14.8 Å². The largest absolute Gasteiger partial charge is 0.481 e. The van der Waals surface area contributed by atoms with E-state index in [-0.39, 0.29) is 37.2 Å². The lowest BCUT2D eigenvalue weighted by atomic mass is 9.85. The van der Waals surface area contributed by atoms with Gasteiger partial charge in [-0.15, -0.1) is 0 Å². The maximum atomic E-state index is 13.8. The monoisotopic (exact) mass is 658 g/mol. The summed E-state index contributed by atoms with van der Waals surface area (Å²) >= 11 is 0. The van der Waals surface area contributed by atoms with Crippen molar-refractivity contribution in [1.82, 2.24) is 4.31 Å². The summed E-state index contributed by atoms with van der Waals surface area (Å²) in [6.45, 7) is 9.08. The van der Waals surface area contributed by atoms with Gasteiger partial charge in [-0.1, -0.05) is 24.3 Å². The first kappa shape index (κ1) is 32.5. The van der Waals surface area contributed by atoms with Crippen LogP contribution >= 0.6 is 0 Å². The molecule has 0 aromatic heterocycles. The number of aryl methyl sites for hydroxylation is 1. The number of carboxylic acids is 2. The van der Waals surface area contributed by atoms with Crippen LogP contribution in [0, 0.1) is 12.8 Å². The van der Waals surface area contributed by atoms with Gasteiger partial charge < -0.3 is 19.5 Å². The van der Waals surface area contributed by atoms with Gasteiger partial charge in [0.2, 0.25) is 15.4 Å². The van der Waals surface area contributed by atoms with Gasteiger partial charge in [0.1, 0.15) is 17.9 Å². The van der Waals surface area contributed by atoms with E-state index in [1.54, 1.807) is 18.2 Å². The van der Waals surface area contributed by atoms with Gasteiger partial charge in [0.05, 0.1) is 28.8 Å². The van der Waals surface area contributed by atoms with Crippen molar-refractivity contribution in [2.75, 3.05) is 37.3 Å². The molecule has 2 aromatic rings. The molecule has 4 aliphatic rings. The average molecular weight is 659 g/mol. The number of anilines is 1. The summed E-state index contributed by atoms with van der Waals surface area (Å²) in [5, 5.41) is 21.2. The highest BCUT2D eigenvalue weighted by Gasteiger charge is 2.36. The Kier molecular flexibility index (Phi) is 8.26. The number of nitrogens with one attached hydrogen (secondary N) is 1. The Balaban J connectivity index is 1.59. The molecule has 1 saturated heterocycles. The second kappa shape index (κ2) is 12.0. The SMILES string of the molecule is CC[NH+]=c1cc2oc3cc4c(cc3c(-c3ccccc3C(=O)O)c-2cc1C)C(CS(=O)(=O)N1CCC(C(=O)O)CC1)=CC(C)(C)N4C. The van der Waals surface area contributed by atoms with Crippen LogP contribution in [0.25, 0.3) is 39.0 Å². The van der Waals surface area contributed by atoms with E-state index in [0.29, 0.717) is 39.0 Å². The molecule has 10 nitrogen and oxygen atoms in total. The smallest absolute Gasteiger partial charge is 0.336 e. The van der Waals surface area contributed by atoms with E-state index in [1.165, 1.54) is 4.31 Å². The standard InChI is InChI=1S/C36H39N3O7S/c1-6-37-29-17-31-27(15-21(29)2)33(24-9-7-8-10-25(24)35(42)43)28-16-26-23(19-36(3,4)38(5)30(26)18-32(28)46-31)20-47(44,45)39-13-11-22(12-14-39)34(40)41/h7-10,15-19,22H,6,11-14,20H2,1-5H3,(H,40,41)(H,42,43)/p+1. The molecule has 0 bridgehead atoms. The average Bonchev–Trinajstić information content (AvgIpc) is 3.02. The van der Waals surface area contributed by atoms with E-state index in [0.717, 1.165) is 28.7 Å². The van der Waals surface area contributed by atoms with Crippen molar-refractivity contribution in [3.63, 3.8) is 0 Å². The summed E-state index contributed by atoms with van der Waals surface area (Å²) < 4.78 is 35.7. The molecule has 0 radical (unpaired) electrons. The van der Waals surface area contributed by atoms with Gasteiger partial charge in [-0.2, -0.15) is 0 Å². The normalized spacial score (nSPS) is 17.6. The highest BCUT2D eigenvalue weighted by molar-refractivity contribution is 7.89. The number of carbonyl (C=O) groups is 2. The second-order valence-corrected chi connectivity index (χ2v) is 15.0. The van der Waals surface area contributed by atoms with Gasteiger partial charge in [0.15, 0.2) is 0 Å². The van der Waals surface area contributed by atoms with E-state index in [1.807, 2.05) is 71.2 Å². The highest BCUT2D eigenvalue weighted by Crippen LogP contribution is 2.47. The lowest BCUT2D eigenvalue weighted by Crippen LogP contribution is -2.76. The predicted molar refractivity (Wildman–Crippen MR) is 181 cm³/mol. The summed E-state index contributed by atoms with van der Waals surface area (Å²) in [6, 6.07) is 14.7. The van der Waals surface area contributed by atoms with Crippen molar-refractivity contribution in [3.05, 3.63) is 76.7 Å². The van der Waals surface area contributed by atoms with E-state index < -0.39 is 33.4 Å². The molecule has 0 spiro atoms. The molecule has 0 unspecified atom stereocenters. The lowest BCUT2D eigenvalue weighted by molar-refractivity contribution is -0.496. The Hall–Kier alpha value is -4.48. The zero-order valence-corrected chi connectivity index (χ0v) is 28.1. The Morgan fingerprint density at radius 3 is 2.38 bits per heavy atom. The number of fused-ring (bicyclic) bond motifs is 3. The fraction of sp³-hybridized carbons (Fsp3) is 0.361. The molecule has 3 aliphatic heterocycles. The molecule has 2 aromatic carbocycles. The first-order valence-electron chi connectivity index (χ1n) is 15.8. The first-order valence-corrected chi connectivity index (χ1v) is 17.4. The van der Waals surface area contributed by atoms with Crippen LogP contribution in [0.15, 0.2) is 59.0 Å². The fourth-order valence-corrected chi connectivity index (χ4v) is 8.45. The molecule has 0 amide bonds. The molecular weight excluding hydrogens is 618 g/mol. The van der Waals surface area contributed by atoms with Crippen molar-refractivity contribution in [3.8, 4) is 22.5 Å². The van der Waals surface area contributed by atoms with Crippen LogP contribution in [-0.4, -0.2) is 72.8 Å². The minimum atomic E-state index is -3.78. The van der Waals surface area contributed by atoms with Gasteiger partial charge in [-0.25, -0.2) is 22.5 Å². The van der Waals surface area contributed by atoms with Gasteiger partial charge in [-0.3, -0.25) is 4.79 Å². The number of benzene rings is 3. The fourth-order valence-electron chi connectivity index (χ4n) is 6.87. The molecule has 1 aliphatic carbocycles. The van der Waals surface area contributed by atoms with Crippen LogP contribution in [0.5, 0.6) is 0 Å². The summed E-state index contributed by atoms with van der Waals surface area (Å²) in [6.07, 6.45) is 2.52. The van der Waals surface area contributed by atoms with Crippen LogP contribution in [0.1, 0.15) is 55.1 Å². The molecule has 1 fully saturated rings. The number of sulfonamides is 1. The van der Waals surface area contributed by atoms with Crippen molar-refractivity contribution in [1.29, 1.82) is 0 Å². The van der Waals surface area contributed by atoms with E-state index in [9.17, 15) is 28.2 Å². The quantitative estimate of drug-likeness (QED) is 0.254. The second-order valence-electron chi connectivity index (χ2n) is 13.0. The van der Waals surface area contributed by atoms with Gasteiger partial charge in [0, 0.05) is 59.5 Å². The number of hydrogen-bond donors (Lipinski definition) is 3. The number of aromatic carboxylic acids is 1. The number of aliphatic carboxylic acids is 1. The van der Waals surface area contributed by atoms with Crippen LogP contribution in [0.4, 0.5) is 5.69 Å². The molecular formula is C36H40N3O7S+. The number of piperidine rings is 1. The number of rotatable bonds is 7. The van der Waals surface area contributed by atoms with Crippen LogP contribution < -0.4 is 15.2 Å². The lowest BCUT2D eigenvalue weighted by Gasteiger charge is -2.41. The zero-order valence-electron chi connectivity index (χ0n) is 27.3. The van der Waals surface area contributed by atoms with Crippen molar-refractivity contribution >= 4 is 44.2 Å². The molecule has 0 saturated carbocycles. The number of likely N-dealkylation sites (N-methyl/N-ethyl adjacent to an activating group) is 1. The third-order valence-electron chi connectivity index (χ3n) is 9.61. The Morgan fingerprint density at radius 1 is 1.02 bits per heavy atom. The first-order chi connectivity index (χ1) is 22.2.